The Hall–Kier alpha value is -3.22. The van der Waals surface area contributed by atoms with Gasteiger partial charge in [-0.3, -0.25) is 9.59 Å². The van der Waals surface area contributed by atoms with Crippen molar-refractivity contribution in [1.82, 2.24) is 4.90 Å². The van der Waals surface area contributed by atoms with Gasteiger partial charge in [0.05, 0.1) is 0 Å². The van der Waals surface area contributed by atoms with E-state index in [0.29, 0.717) is 16.9 Å². The Labute approximate surface area is 151 Å². The van der Waals surface area contributed by atoms with Gasteiger partial charge in [0, 0.05) is 36.1 Å². The summed E-state index contributed by atoms with van der Waals surface area (Å²) in [4.78, 5) is 26.1. The summed E-state index contributed by atoms with van der Waals surface area (Å²) in [6.07, 6.45) is 2.09. The van der Waals surface area contributed by atoms with E-state index < -0.39 is 0 Å². The summed E-state index contributed by atoms with van der Waals surface area (Å²) >= 11 is 0. The van der Waals surface area contributed by atoms with E-state index in [1.165, 1.54) is 18.2 Å². The first-order chi connectivity index (χ1) is 12.5. The zero-order valence-electron chi connectivity index (χ0n) is 14.3. The minimum atomic E-state index is -0.384. The Bertz CT molecular complexity index is 799. The van der Waals surface area contributed by atoms with Crippen LogP contribution in [0.4, 0.5) is 11.4 Å². The molecule has 1 aliphatic rings. The number of aromatic hydroxyl groups is 1. The molecule has 0 unspecified atom stereocenters. The zero-order chi connectivity index (χ0) is 18.5. The van der Waals surface area contributed by atoms with Gasteiger partial charge in [-0.25, -0.2) is 0 Å². The highest BCUT2D eigenvalue weighted by Crippen LogP contribution is 2.27. The highest BCUT2D eigenvalue weighted by molar-refractivity contribution is 5.96. The fraction of sp³-hybridized carbons (Fsp3) is 0.263. The van der Waals surface area contributed by atoms with E-state index in [2.05, 4.69) is 5.32 Å². The number of anilines is 2. The highest BCUT2D eigenvalue weighted by Gasteiger charge is 2.19. The maximum absolute atomic E-state index is 12.3. The van der Waals surface area contributed by atoms with Crippen LogP contribution < -0.4 is 15.8 Å². The van der Waals surface area contributed by atoms with E-state index in [-0.39, 0.29) is 29.9 Å². The third kappa shape index (κ3) is 4.24. The second kappa shape index (κ2) is 7.77. The number of carbonyl (C=O) groups excluding carboxylic acids is 2. The predicted molar refractivity (Wildman–Crippen MR) is 98.2 cm³/mol. The quantitative estimate of drug-likeness (QED) is 0.563. The maximum atomic E-state index is 12.3. The van der Waals surface area contributed by atoms with Crippen LogP contribution in [0.15, 0.2) is 42.5 Å². The van der Waals surface area contributed by atoms with Crippen molar-refractivity contribution in [3.05, 3.63) is 48.0 Å². The summed E-state index contributed by atoms with van der Waals surface area (Å²) < 4.78 is 5.28. The van der Waals surface area contributed by atoms with E-state index >= 15 is 0 Å². The fourth-order valence-corrected chi connectivity index (χ4v) is 2.79. The lowest BCUT2D eigenvalue weighted by Crippen LogP contribution is -2.27. The number of phenols is 1. The minimum Gasteiger partial charge on any atom is -0.504 e. The Morgan fingerprint density at radius 2 is 1.81 bits per heavy atom. The molecule has 4 N–H and O–H groups in total. The number of nitrogens with two attached hydrogens (primary N) is 1. The number of rotatable bonds is 5. The number of nitrogens with one attached hydrogen (secondary N) is 1. The molecular weight excluding hydrogens is 334 g/mol. The standard InChI is InChI=1S/C19H21N3O4/c20-14-5-8-16(23)17(11-14)26-12-18(24)21-15-6-3-13(4-7-15)19(25)22-9-1-2-10-22/h3-8,11,23H,1-2,9-10,12,20H2,(H,21,24). The van der Waals surface area contributed by atoms with Crippen LogP contribution in [0.5, 0.6) is 11.5 Å². The summed E-state index contributed by atoms with van der Waals surface area (Å²) in [7, 11) is 0. The van der Waals surface area contributed by atoms with Crippen LogP contribution in [0.2, 0.25) is 0 Å². The predicted octanol–water partition coefficient (Wildman–Crippen LogP) is 2.23. The van der Waals surface area contributed by atoms with Crippen molar-refractivity contribution in [1.29, 1.82) is 0 Å². The Morgan fingerprint density at radius 3 is 2.50 bits per heavy atom. The van der Waals surface area contributed by atoms with Gasteiger partial charge in [0.25, 0.3) is 11.8 Å². The zero-order valence-corrected chi connectivity index (χ0v) is 14.3. The molecule has 1 saturated heterocycles. The van der Waals surface area contributed by atoms with Crippen LogP contribution in [0.1, 0.15) is 23.2 Å². The van der Waals surface area contributed by atoms with Crippen molar-refractivity contribution in [2.75, 3.05) is 30.7 Å². The van der Waals surface area contributed by atoms with Crippen molar-refractivity contribution in [3.8, 4) is 11.5 Å². The molecule has 0 atom stereocenters. The van der Waals surface area contributed by atoms with Gasteiger partial charge in [-0.2, -0.15) is 0 Å². The van der Waals surface area contributed by atoms with Gasteiger partial charge in [0.15, 0.2) is 18.1 Å². The van der Waals surface area contributed by atoms with Crippen LogP contribution in [0, 0.1) is 0 Å². The van der Waals surface area contributed by atoms with Crippen LogP contribution in [0.25, 0.3) is 0 Å². The van der Waals surface area contributed by atoms with Gasteiger partial charge < -0.3 is 25.8 Å². The van der Waals surface area contributed by atoms with E-state index in [1.807, 2.05) is 4.90 Å². The number of amides is 2. The first kappa shape index (κ1) is 17.6. The molecule has 2 aromatic rings. The van der Waals surface area contributed by atoms with Gasteiger partial charge in [0.1, 0.15) is 0 Å². The number of nitrogens with zero attached hydrogens (tertiary/aromatic N) is 1. The molecule has 1 aliphatic heterocycles. The lowest BCUT2D eigenvalue weighted by atomic mass is 10.2. The van der Waals surface area contributed by atoms with Crippen LogP contribution >= 0.6 is 0 Å². The fourth-order valence-electron chi connectivity index (χ4n) is 2.79. The molecule has 0 aliphatic carbocycles. The average Bonchev–Trinajstić information content (AvgIpc) is 3.17. The molecule has 1 fully saturated rings. The molecule has 7 heteroatoms. The van der Waals surface area contributed by atoms with Gasteiger partial charge >= 0.3 is 0 Å². The molecule has 0 radical (unpaired) electrons. The molecule has 0 saturated carbocycles. The molecular formula is C19H21N3O4. The van der Waals surface area contributed by atoms with Crippen LogP contribution in [-0.2, 0) is 4.79 Å². The van der Waals surface area contributed by atoms with Crippen molar-refractivity contribution >= 4 is 23.2 Å². The number of carbonyl (C=O) groups is 2. The van der Waals surface area contributed by atoms with Gasteiger partial charge in [-0.05, 0) is 49.2 Å². The van der Waals surface area contributed by atoms with E-state index in [1.54, 1.807) is 24.3 Å². The third-order valence-corrected chi connectivity index (χ3v) is 4.15. The summed E-state index contributed by atoms with van der Waals surface area (Å²) in [5.41, 5.74) is 7.21. The monoisotopic (exact) mass is 355 g/mol. The second-order valence-corrected chi connectivity index (χ2v) is 6.14. The number of hydrogen-bond donors (Lipinski definition) is 3. The molecule has 2 amide bonds. The molecule has 136 valence electrons. The molecule has 7 nitrogen and oxygen atoms in total. The largest absolute Gasteiger partial charge is 0.504 e. The summed E-state index contributed by atoms with van der Waals surface area (Å²) in [5.74, 6) is -0.310. The molecule has 1 heterocycles. The first-order valence-corrected chi connectivity index (χ1v) is 8.43. The Kier molecular flexibility index (Phi) is 5.26. The highest BCUT2D eigenvalue weighted by atomic mass is 16.5. The second-order valence-electron chi connectivity index (χ2n) is 6.14. The number of ether oxygens (including phenoxy) is 1. The van der Waals surface area contributed by atoms with Crippen LogP contribution in [0.3, 0.4) is 0 Å². The lowest BCUT2D eigenvalue weighted by molar-refractivity contribution is -0.118. The van der Waals surface area contributed by atoms with E-state index in [0.717, 1.165) is 25.9 Å². The molecule has 2 aromatic carbocycles. The molecule has 0 bridgehead atoms. The topological polar surface area (TPSA) is 105 Å². The van der Waals surface area contributed by atoms with E-state index in [4.69, 9.17) is 10.5 Å². The molecule has 0 spiro atoms. The van der Waals surface area contributed by atoms with Gasteiger partial charge in [-0.15, -0.1) is 0 Å². The Balaban J connectivity index is 1.54. The van der Waals surface area contributed by atoms with Crippen molar-refractivity contribution in [3.63, 3.8) is 0 Å². The SMILES string of the molecule is Nc1ccc(O)c(OCC(=O)Nc2ccc(C(=O)N3CCCC3)cc2)c1. The summed E-state index contributed by atoms with van der Waals surface area (Å²) in [5, 5.41) is 12.3. The number of phenolic OH excluding ortho intramolecular Hbond substituents is 1. The summed E-state index contributed by atoms with van der Waals surface area (Å²) in [6, 6.07) is 11.1. The number of hydrogen-bond acceptors (Lipinski definition) is 5. The van der Waals surface area contributed by atoms with Gasteiger partial charge in [-0.1, -0.05) is 0 Å². The van der Waals surface area contributed by atoms with Crippen molar-refractivity contribution in [2.24, 2.45) is 0 Å². The van der Waals surface area contributed by atoms with Gasteiger partial charge in [0.2, 0.25) is 0 Å². The van der Waals surface area contributed by atoms with Crippen molar-refractivity contribution in [2.45, 2.75) is 12.8 Å². The third-order valence-electron chi connectivity index (χ3n) is 4.15. The normalized spacial score (nSPS) is 13.5. The smallest absolute Gasteiger partial charge is 0.262 e. The molecule has 0 aromatic heterocycles. The number of benzene rings is 2. The average molecular weight is 355 g/mol. The summed E-state index contributed by atoms with van der Waals surface area (Å²) in [6.45, 7) is 1.32. The molecule has 3 rings (SSSR count). The van der Waals surface area contributed by atoms with Crippen molar-refractivity contribution < 1.29 is 19.4 Å². The van der Waals surface area contributed by atoms with E-state index in [9.17, 15) is 14.7 Å². The number of nitrogen functional groups attached to an aromatic ring is 1. The first-order valence-electron chi connectivity index (χ1n) is 8.43. The lowest BCUT2D eigenvalue weighted by Gasteiger charge is -2.15. The minimum absolute atomic E-state index is 0.0147. The maximum Gasteiger partial charge on any atom is 0.262 e. The Morgan fingerprint density at radius 1 is 1.12 bits per heavy atom. The number of likely N-dealkylation sites (tertiary alicyclic amines) is 1. The molecule has 26 heavy (non-hydrogen) atoms. The van der Waals surface area contributed by atoms with Crippen LogP contribution in [-0.4, -0.2) is 41.5 Å².